The maximum Gasteiger partial charge on any atom is 0.246 e. The van der Waals surface area contributed by atoms with E-state index in [1.54, 1.807) is 17.0 Å². The summed E-state index contributed by atoms with van der Waals surface area (Å²) < 4.78 is 13.5. The van der Waals surface area contributed by atoms with Crippen LogP contribution >= 0.6 is 0 Å². The van der Waals surface area contributed by atoms with Crippen LogP contribution in [0.4, 0.5) is 4.39 Å². The number of benzene rings is 3. The van der Waals surface area contributed by atoms with Crippen LogP contribution in [0.2, 0.25) is 0 Å². The molecule has 1 aliphatic heterocycles. The van der Waals surface area contributed by atoms with Gasteiger partial charge in [-0.25, -0.2) is 4.39 Å². The van der Waals surface area contributed by atoms with Crippen LogP contribution in [0.25, 0.3) is 0 Å². The second-order valence-corrected chi connectivity index (χ2v) is 9.40. The van der Waals surface area contributed by atoms with Gasteiger partial charge in [0.1, 0.15) is 11.4 Å². The van der Waals surface area contributed by atoms with Crippen molar-refractivity contribution in [2.75, 3.05) is 0 Å². The lowest BCUT2D eigenvalue weighted by atomic mass is 9.82. The summed E-state index contributed by atoms with van der Waals surface area (Å²) in [7, 11) is 0. The first-order chi connectivity index (χ1) is 16.6. The van der Waals surface area contributed by atoms with Crippen molar-refractivity contribution >= 4 is 11.8 Å². The number of nitrogens with zero attached hydrogens (tertiary/aromatic N) is 1. The number of rotatable bonds is 7. The lowest BCUT2D eigenvalue weighted by Crippen LogP contribution is -2.65. The van der Waals surface area contributed by atoms with E-state index >= 15 is 0 Å². The Balaban J connectivity index is 1.43. The molecule has 3 aromatic rings. The summed E-state index contributed by atoms with van der Waals surface area (Å²) in [5, 5.41) is 3.32. The Morgan fingerprint density at radius 1 is 0.941 bits per heavy atom. The molecule has 5 heteroatoms. The van der Waals surface area contributed by atoms with Crippen molar-refractivity contribution in [2.45, 2.75) is 56.1 Å². The lowest BCUT2D eigenvalue weighted by Gasteiger charge is -2.51. The summed E-state index contributed by atoms with van der Waals surface area (Å²) in [6, 6.07) is 26.0. The van der Waals surface area contributed by atoms with Crippen molar-refractivity contribution in [3.63, 3.8) is 0 Å². The molecule has 34 heavy (non-hydrogen) atoms. The second kappa shape index (κ2) is 9.41. The topological polar surface area (TPSA) is 49.4 Å². The number of likely N-dealkylation sites (tertiary alicyclic amines) is 1. The van der Waals surface area contributed by atoms with Gasteiger partial charge in [0.05, 0.1) is 18.5 Å². The largest absolute Gasteiger partial charge is 0.347 e. The Bertz CT molecular complexity index is 1140. The number of nitrogens with one attached hydrogen (secondary N) is 1. The van der Waals surface area contributed by atoms with Crippen molar-refractivity contribution in [1.82, 2.24) is 10.2 Å². The third-order valence-corrected chi connectivity index (χ3v) is 7.31. The lowest BCUT2D eigenvalue weighted by molar-refractivity contribution is -0.165. The van der Waals surface area contributed by atoms with Gasteiger partial charge in [-0.3, -0.25) is 9.59 Å². The van der Waals surface area contributed by atoms with E-state index in [0.29, 0.717) is 25.7 Å². The number of amides is 2. The molecule has 2 amide bonds. The molecule has 1 N–H and O–H groups in total. The minimum atomic E-state index is -0.863. The molecule has 1 saturated heterocycles. The third-order valence-electron chi connectivity index (χ3n) is 7.31. The number of halogens is 1. The van der Waals surface area contributed by atoms with Crippen LogP contribution in [-0.4, -0.2) is 22.3 Å². The Morgan fingerprint density at radius 3 is 2.18 bits per heavy atom. The molecule has 0 bridgehead atoms. The summed E-state index contributed by atoms with van der Waals surface area (Å²) >= 11 is 0. The molecule has 2 atom stereocenters. The quantitative estimate of drug-likeness (QED) is 0.477. The van der Waals surface area contributed by atoms with Crippen LogP contribution in [0.5, 0.6) is 0 Å². The van der Waals surface area contributed by atoms with Gasteiger partial charge in [-0.05, 0) is 48.1 Å². The SMILES string of the molecule is O=C1CC(c2ccc(F)cc2)N1C1(C(=O)NC(Cc2ccccc2)c2ccccc2)CCCC1. The molecular weight excluding hydrogens is 427 g/mol. The van der Waals surface area contributed by atoms with Gasteiger partial charge >= 0.3 is 0 Å². The molecular formula is C29H29FN2O2. The van der Waals surface area contributed by atoms with Crippen molar-refractivity contribution < 1.29 is 14.0 Å². The molecule has 1 saturated carbocycles. The Hall–Kier alpha value is -3.47. The van der Waals surface area contributed by atoms with Crippen LogP contribution in [-0.2, 0) is 16.0 Å². The molecule has 174 valence electrons. The minimum absolute atomic E-state index is 0.00862. The molecule has 4 nitrogen and oxygen atoms in total. The standard InChI is InChI=1S/C29H29FN2O2/c30-24-15-13-23(14-16-24)26-20-27(33)32(26)29(17-7-8-18-29)28(34)31-25(22-11-5-2-6-12-22)19-21-9-3-1-4-10-21/h1-6,9-16,25-26H,7-8,17-20H2,(H,31,34). The second-order valence-electron chi connectivity index (χ2n) is 9.40. The Morgan fingerprint density at radius 2 is 1.56 bits per heavy atom. The number of hydrogen-bond acceptors (Lipinski definition) is 2. The van der Waals surface area contributed by atoms with Crippen molar-refractivity contribution in [3.8, 4) is 0 Å². The van der Waals surface area contributed by atoms with Gasteiger partial charge in [0.2, 0.25) is 11.8 Å². The minimum Gasteiger partial charge on any atom is -0.347 e. The van der Waals surface area contributed by atoms with E-state index in [-0.39, 0.29) is 29.7 Å². The molecule has 1 aliphatic carbocycles. The fourth-order valence-corrected chi connectivity index (χ4v) is 5.52. The summed E-state index contributed by atoms with van der Waals surface area (Å²) in [5.41, 5.74) is 2.20. The molecule has 2 fully saturated rings. The maximum atomic E-state index is 14.0. The molecule has 2 aliphatic rings. The number of carbonyl (C=O) groups excluding carboxylic acids is 2. The van der Waals surface area contributed by atoms with Crippen molar-refractivity contribution in [1.29, 1.82) is 0 Å². The molecule has 1 heterocycles. The summed E-state index contributed by atoms with van der Waals surface area (Å²) in [4.78, 5) is 28.7. The highest BCUT2D eigenvalue weighted by atomic mass is 19.1. The highest BCUT2D eigenvalue weighted by Crippen LogP contribution is 2.47. The van der Waals surface area contributed by atoms with Gasteiger partial charge < -0.3 is 10.2 Å². The molecule has 5 rings (SSSR count). The van der Waals surface area contributed by atoms with E-state index in [2.05, 4.69) is 17.4 Å². The molecule has 2 unspecified atom stereocenters. The number of hydrogen-bond donors (Lipinski definition) is 1. The first-order valence-electron chi connectivity index (χ1n) is 12.0. The van der Waals surface area contributed by atoms with E-state index in [4.69, 9.17) is 0 Å². The van der Waals surface area contributed by atoms with Crippen LogP contribution in [0.3, 0.4) is 0 Å². The molecule has 3 aromatic carbocycles. The number of β-lactam (4-membered cyclic amide) rings is 1. The Labute approximate surface area is 199 Å². The first-order valence-corrected chi connectivity index (χ1v) is 12.0. The van der Waals surface area contributed by atoms with Gasteiger partial charge in [-0.2, -0.15) is 0 Å². The van der Waals surface area contributed by atoms with Gasteiger partial charge in [-0.1, -0.05) is 85.6 Å². The van der Waals surface area contributed by atoms with E-state index < -0.39 is 5.54 Å². The Kier molecular flexibility index (Phi) is 6.18. The van der Waals surface area contributed by atoms with Gasteiger partial charge in [0.25, 0.3) is 0 Å². The average molecular weight is 457 g/mol. The van der Waals surface area contributed by atoms with Gasteiger partial charge in [0.15, 0.2) is 0 Å². The monoisotopic (exact) mass is 456 g/mol. The average Bonchev–Trinajstić information content (AvgIpc) is 3.34. The third kappa shape index (κ3) is 4.23. The summed E-state index contributed by atoms with van der Waals surface area (Å²) in [5.74, 6) is -0.401. The predicted molar refractivity (Wildman–Crippen MR) is 129 cm³/mol. The first kappa shape index (κ1) is 22.3. The summed E-state index contributed by atoms with van der Waals surface area (Å²) in [6.45, 7) is 0. The molecule has 0 radical (unpaired) electrons. The zero-order valence-corrected chi connectivity index (χ0v) is 19.1. The predicted octanol–water partition coefficient (Wildman–Crippen LogP) is 5.51. The van der Waals surface area contributed by atoms with E-state index in [1.807, 2.05) is 48.5 Å². The van der Waals surface area contributed by atoms with Crippen LogP contribution in [0, 0.1) is 5.82 Å². The van der Waals surface area contributed by atoms with Crippen LogP contribution < -0.4 is 5.32 Å². The van der Waals surface area contributed by atoms with Crippen molar-refractivity contribution in [3.05, 3.63) is 107 Å². The van der Waals surface area contributed by atoms with Gasteiger partial charge in [0, 0.05) is 0 Å². The molecule has 0 spiro atoms. The van der Waals surface area contributed by atoms with Crippen molar-refractivity contribution in [2.24, 2.45) is 0 Å². The normalized spacial score (nSPS) is 20.0. The zero-order chi connectivity index (χ0) is 23.5. The zero-order valence-electron chi connectivity index (χ0n) is 19.1. The highest BCUT2D eigenvalue weighted by Gasteiger charge is 2.56. The van der Waals surface area contributed by atoms with Crippen LogP contribution in [0.15, 0.2) is 84.9 Å². The summed E-state index contributed by atoms with van der Waals surface area (Å²) in [6.07, 6.45) is 4.13. The van der Waals surface area contributed by atoms with E-state index in [9.17, 15) is 14.0 Å². The highest BCUT2D eigenvalue weighted by molar-refractivity contribution is 5.95. The van der Waals surface area contributed by atoms with Crippen LogP contribution in [0.1, 0.15) is 60.9 Å². The van der Waals surface area contributed by atoms with Gasteiger partial charge in [-0.15, -0.1) is 0 Å². The fourth-order valence-electron chi connectivity index (χ4n) is 5.52. The van der Waals surface area contributed by atoms with E-state index in [1.165, 1.54) is 12.1 Å². The smallest absolute Gasteiger partial charge is 0.246 e. The maximum absolute atomic E-state index is 14.0. The fraction of sp³-hybridized carbons (Fsp3) is 0.310. The molecule has 0 aromatic heterocycles. The van der Waals surface area contributed by atoms with E-state index in [0.717, 1.165) is 29.5 Å². The number of carbonyl (C=O) groups is 2.